The van der Waals surface area contributed by atoms with Crippen molar-refractivity contribution in [1.82, 2.24) is 0 Å². The summed E-state index contributed by atoms with van der Waals surface area (Å²) in [7, 11) is -3.48. The normalized spacial score (nSPS) is 34.4. The first-order valence-corrected chi connectivity index (χ1v) is 20.0. The molecule has 4 heterocycles. The molecule has 0 amide bonds. The Morgan fingerprint density at radius 2 is 1.55 bits per heavy atom. The van der Waals surface area contributed by atoms with Crippen molar-refractivity contribution in [2.45, 2.75) is 147 Å². The predicted molar refractivity (Wildman–Crippen MR) is 186 cm³/mol. The Morgan fingerprint density at radius 1 is 0.872 bits per heavy atom. The highest BCUT2D eigenvalue weighted by atomic mass is 32.2. The molecule has 8 heteroatoms. The molecule has 1 aromatic rings. The summed E-state index contributed by atoms with van der Waals surface area (Å²) in [4.78, 5) is 0.399. The third kappa shape index (κ3) is 9.37. The molecule has 4 fully saturated rings. The quantitative estimate of drug-likeness (QED) is 0.176. The van der Waals surface area contributed by atoms with Gasteiger partial charge in [0.1, 0.15) is 0 Å². The second-order valence-electron chi connectivity index (χ2n) is 14.9. The van der Waals surface area contributed by atoms with E-state index >= 15 is 0 Å². The Labute approximate surface area is 284 Å². The summed E-state index contributed by atoms with van der Waals surface area (Å²) in [6.07, 6.45) is 8.77. The van der Waals surface area contributed by atoms with E-state index in [0.717, 1.165) is 68.9 Å². The molecule has 0 spiro atoms. The molecule has 1 unspecified atom stereocenters. The Morgan fingerprint density at radius 3 is 2.23 bits per heavy atom. The highest BCUT2D eigenvalue weighted by molar-refractivity contribution is 7.91. The van der Waals surface area contributed by atoms with Crippen LogP contribution < -0.4 is 0 Å². The molecule has 7 nitrogen and oxygen atoms in total. The van der Waals surface area contributed by atoms with Crippen molar-refractivity contribution >= 4 is 9.84 Å². The number of benzene rings is 1. The van der Waals surface area contributed by atoms with Gasteiger partial charge in [-0.25, -0.2) is 8.42 Å². The van der Waals surface area contributed by atoms with Gasteiger partial charge in [0.15, 0.2) is 16.1 Å². The molecule has 10 atom stereocenters. The van der Waals surface area contributed by atoms with Crippen LogP contribution in [0.4, 0.5) is 0 Å². The van der Waals surface area contributed by atoms with Gasteiger partial charge < -0.3 is 23.7 Å². The van der Waals surface area contributed by atoms with Gasteiger partial charge in [-0.1, -0.05) is 66.3 Å². The summed E-state index contributed by atoms with van der Waals surface area (Å²) < 4.78 is 58.7. The van der Waals surface area contributed by atoms with E-state index in [1.807, 2.05) is 12.1 Å². The van der Waals surface area contributed by atoms with Crippen molar-refractivity contribution in [1.29, 1.82) is 0 Å². The van der Waals surface area contributed by atoms with Crippen LogP contribution in [0.1, 0.15) is 98.0 Å². The highest BCUT2D eigenvalue weighted by Gasteiger charge is 2.46. The Kier molecular flexibility index (Phi) is 12.8. The predicted octanol–water partition coefficient (Wildman–Crippen LogP) is 7.87. The molecule has 0 bridgehead atoms. The molecule has 4 saturated heterocycles. The van der Waals surface area contributed by atoms with Gasteiger partial charge in [0.05, 0.1) is 60.5 Å². The molecule has 0 aromatic heterocycles. The fourth-order valence-electron chi connectivity index (χ4n) is 7.99. The van der Waals surface area contributed by atoms with Crippen LogP contribution in [0.5, 0.6) is 0 Å². The second-order valence-corrected chi connectivity index (χ2v) is 16.9. The van der Waals surface area contributed by atoms with E-state index in [4.69, 9.17) is 23.7 Å². The summed E-state index contributed by atoms with van der Waals surface area (Å²) in [5, 5.41) is 0. The fraction of sp³-hybridized carbons (Fsp3) is 0.744. The Bertz CT molecular complexity index is 1290. The smallest absolute Gasteiger partial charge is 0.178 e. The molecular weight excluding hydrogens is 612 g/mol. The molecule has 4 aliphatic rings. The van der Waals surface area contributed by atoms with Gasteiger partial charge in [-0.15, -0.1) is 0 Å². The molecule has 0 saturated carbocycles. The minimum absolute atomic E-state index is 0.0351. The molecule has 5 rings (SSSR count). The number of aryl methyl sites for hydroxylation is 1. The third-order valence-electron chi connectivity index (χ3n) is 11.5. The molecule has 1 aromatic carbocycles. The molecule has 47 heavy (non-hydrogen) atoms. The monoisotopic (exact) mass is 672 g/mol. The topological polar surface area (TPSA) is 80.3 Å². The molecular formula is C39H60O7S. The zero-order valence-corrected chi connectivity index (χ0v) is 30.3. The van der Waals surface area contributed by atoms with Crippen molar-refractivity contribution in [3.8, 4) is 0 Å². The van der Waals surface area contributed by atoms with E-state index < -0.39 is 9.84 Å². The van der Waals surface area contributed by atoms with Crippen LogP contribution in [0.2, 0.25) is 0 Å². The maximum atomic E-state index is 13.8. The van der Waals surface area contributed by atoms with E-state index in [0.29, 0.717) is 36.4 Å². The summed E-state index contributed by atoms with van der Waals surface area (Å²) in [5.74, 6) is 0.940. The number of ether oxygens (including phenoxy) is 5. The van der Waals surface area contributed by atoms with Gasteiger partial charge >= 0.3 is 0 Å². The average molecular weight is 673 g/mol. The van der Waals surface area contributed by atoms with Crippen LogP contribution in [0, 0.1) is 23.7 Å². The fourth-order valence-corrected chi connectivity index (χ4v) is 9.75. The van der Waals surface area contributed by atoms with E-state index in [1.165, 1.54) is 5.57 Å². The van der Waals surface area contributed by atoms with Crippen LogP contribution in [0.25, 0.3) is 0 Å². The SMILES string of the molecule is C=C1C[C@H](CCC2OCCO2)O[C@H]1CC[C@H]1C[C@H](C)C(=C)C(C[C@@H]2O[C@H](C[C@H](C)CC)[C@H](C)[C@H]2CS(=O)(=O)c2ccc(CC)cc2)O1. The van der Waals surface area contributed by atoms with Crippen LogP contribution in [0.3, 0.4) is 0 Å². The molecule has 4 aliphatic heterocycles. The van der Waals surface area contributed by atoms with Crippen molar-refractivity contribution in [3.05, 3.63) is 54.1 Å². The zero-order chi connectivity index (χ0) is 33.7. The first kappa shape index (κ1) is 36.7. The van der Waals surface area contributed by atoms with Gasteiger partial charge in [0.25, 0.3) is 0 Å². The summed E-state index contributed by atoms with van der Waals surface area (Å²) in [6.45, 7) is 21.1. The lowest BCUT2D eigenvalue weighted by Crippen LogP contribution is -2.38. The van der Waals surface area contributed by atoms with Crippen molar-refractivity contribution < 1.29 is 32.1 Å². The molecule has 0 radical (unpaired) electrons. The molecule has 0 N–H and O–H groups in total. The number of sulfone groups is 1. The van der Waals surface area contributed by atoms with E-state index in [2.05, 4.69) is 47.8 Å². The first-order valence-electron chi connectivity index (χ1n) is 18.3. The van der Waals surface area contributed by atoms with Gasteiger partial charge in [0.2, 0.25) is 0 Å². The van der Waals surface area contributed by atoms with Crippen molar-refractivity contribution in [2.24, 2.45) is 23.7 Å². The Balaban J connectivity index is 1.22. The maximum Gasteiger partial charge on any atom is 0.178 e. The summed E-state index contributed by atoms with van der Waals surface area (Å²) >= 11 is 0. The van der Waals surface area contributed by atoms with Crippen LogP contribution in [-0.4, -0.2) is 70.3 Å². The van der Waals surface area contributed by atoms with Crippen LogP contribution >= 0.6 is 0 Å². The van der Waals surface area contributed by atoms with Gasteiger partial charge in [-0.3, -0.25) is 0 Å². The maximum absolute atomic E-state index is 13.8. The summed E-state index contributed by atoms with van der Waals surface area (Å²) in [6, 6.07) is 7.39. The molecule has 264 valence electrons. The van der Waals surface area contributed by atoms with Gasteiger partial charge in [0, 0.05) is 18.8 Å². The van der Waals surface area contributed by atoms with Gasteiger partial charge in [-0.05, 0) is 91.5 Å². The minimum Gasteiger partial charge on any atom is -0.374 e. The Hall–Kier alpha value is -1.55. The standard InChI is InChI=1S/C39H60O7S/c1-8-25(3)20-36-29(7)34(24-47(40,41)33-14-10-30(9-2)11-15-33)38(46-36)23-37-28(6)26(4)21-31(45-37)12-16-35-27(5)22-32(44-35)13-17-39-42-18-19-43-39/h10-11,14-15,25-26,29,31-32,34-39H,5-6,8-9,12-13,16-24H2,1-4,7H3/t25-,26+,29-,31+,32+,34-,35+,36-,37?,38+/m1/s1. The van der Waals surface area contributed by atoms with Gasteiger partial charge in [-0.2, -0.15) is 0 Å². The largest absolute Gasteiger partial charge is 0.374 e. The minimum atomic E-state index is -3.48. The lowest BCUT2D eigenvalue weighted by Gasteiger charge is -2.38. The second kappa shape index (κ2) is 16.4. The number of hydrogen-bond acceptors (Lipinski definition) is 7. The lowest BCUT2D eigenvalue weighted by atomic mass is 9.81. The summed E-state index contributed by atoms with van der Waals surface area (Å²) in [5.41, 5.74) is 3.40. The molecule has 0 aliphatic carbocycles. The first-order chi connectivity index (χ1) is 22.5. The van der Waals surface area contributed by atoms with Crippen molar-refractivity contribution in [2.75, 3.05) is 19.0 Å². The van der Waals surface area contributed by atoms with Crippen molar-refractivity contribution in [3.63, 3.8) is 0 Å². The van der Waals surface area contributed by atoms with E-state index in [-0.39, 0.29) is 60.5 Å². The highest BCUT2D eigenvalue weighted by Crippen LogP contribution is 2.43. The third-order valence-corrected chi connectivity index (χ3v) is 13.3. The average Bonchev–Trinajstić information content (AvgIpc) is 3.77. The zero-order valence-electron chi connectivity index (χ0n) is 29.5. The van der Waals surface area contributed by atoms with E-state index in [9.17, 15) is 8.42 Å². The van der Waals surface area contributed by atoms with Crippen LogP contribution in [0.15, 0.2) is 53.5 Å². The van der Waals surface area contributed by atoms with E-state index in [1.54, 1.807) is 12.1 Å². The van der Waals surface area contributed by atoms with Crippen LogP contribution in [-0.2, 0) is 39.9 Å². The number of rotatable bonds is 15. The lowest BCUT2D eigenvalue weighted by molar-refractivity contribution is -0.0752. The number of hydrogen-bond donors (Lipinski definition) is 0.